The molecule has 0 spiro atoms. The van der Waals surface area contributed by atoms with Crippen LogP contribution in [0.25, 0.3) is 0 Å². The van der Waals surface area contributed by atoms with Crippen molar-refractivity contribution in [3.63, 3.8) is 0 Å². The van der Waals surface area contributed by atoms with Gasteiger partial charge in [-0.1, -0.05) is 6.08 Å². The van der Waals surface area contributed by atoms with E-state index in [2.05, 4.69) is 14.2 Å². The van der Waals surface area contributed by atoms with Gasteiger partial charge in [0.25, 0.3) is 0 Å². The number of methoxy groups -OCH3 is 1. The van der Waals surface area contributed by atoms with E-state index in [-0.39, 0.29) is 26.4 Å². The van der Waals surface area contributed by atoms with Gasteiger partial charge in [-0.25, -0.2) is 9.59 Å². The van der Waals surface area contributed by atoms with Gasteiger partial charge < -0.3 is 24.7 Å². The highest BCUT2D eigenvalue weighted by atomic mass is 35.5. The maximum absolute atomic E-state index is 11.0. The lowest BCUT2D eigenvalue weighted by molar-refractivity contribution is -0.134. The second kappa shape index (κ2) is 11.2. The fourth-order valence-corrected chi connectivity index (χ4v) is 0.876. The molecule has 2 N–H and O–H groups in total. The van der Waals surface area contributed by atoms with Crippen LogP contribution in [0, 0.1) is 0 Å². The van der Waals surface area contributed by atoms with Crippen LogP contribution in [0.15, 0.2) is 12.2 Å². The molecule has 0 fully saturated rings. The maximum atomic E-state index is 11.0. The van der Waals surface area contributed by atoms with Crippen LogP contribution in [0.4, 0.5) is 4.79 Å². The Morgan fingerprint density at radius 3 is 2.55 bits per heavy atom. The summed E-state index contributed by atoms with van der Waals surface area (Å²) in [6.07, 6.45) is 1.68. The number of rotatable bonds is 9. The minimum atomic E-state index is -1.08. The topological polar surface area (TPSA) is 114 Å². The summed E-state index contributed by atoms with van der Waals surface area (Å²) >= 11 is 5.06. The normalized spacial score (nSPS) is 11.9. The van der Waals surface area contributed by atoms with Crippen LogP contribution in [0.2, 0.25) is 0 Å². The standard InChI is InChI=1S/C11H16ClNO7/c1-17-9(14)3-2-4-18-5-6-19-11(16)20-7-8(13)10(12)15/h2-3,8H,4-7,13H2,1H3/b3-2+/t8-/m0/s1. The first-order valence-electron chi connectivity index (χ1n) is 5.54. The van der Waals surface area contributed by atoms with E-state index < -0.39 is 23.4 Å². The highest BCUT2D eigenvalue weighted by Crippen LogP contribution is 1.92. The minimum Gasteiger partial charge on any atom is -0.466 e. The predicted molar refractivity (Wildman–Crippen MR) is 68.1 cm³/mol. The molecule has 0 saturated carbocycles. The summed E-state index contributed by atoms with van der Waals surface area (Å²) in [7, 11) is 1.26. The Morgan fingerprint density at radius 2 is 1.95 bits per heavy atom. The first-order valence-corrected chi connectivity index (χ1v) is 5.92. The van der Waals surface area contributed by atoms with Crippen LogP contribution in [-0.2, 0) is 28.5 Å². The number of nitrogens with two attached hydrogens (primary N) is 1. The number of halogens is 1. The van der Waals surface area contributed by atoms with Crippen LogP contribution in [-0.4, -0.2) is 56.9 Å². The predicted octanol–water partition coefficient (Wildman–Crippen LogP) is -0.0219. The van der Waals surface area contributed by atoms with Crippen LogP contribution in [0.3, 0.4) is 0 Å². The molecule has 9 heteroatoms. The zero-order chi connectivity index (χ0) is 15.4. The van der Waals surface area contributed by atoms with Crippen LogP contribution >= 0.6 is 11.6 Å². The van der Waals surface area contributed by atoms with E-state index in [9.17, 15) is 14.4 Å². The number of ether oxygens (including phenoxy) is 4. The fraction of sp³-hybridized carbons (Fsp3) is 0.545. The van der Waals surface area contributed by atoms with Crippen molar-refractivity contribution in [2.75, 3.05) is 33.5 Å². The van der Waals surface area contributed by atoms with Crippen molar-refractivity contribution in [1.29, 1.82) is 0 Å². The van der Waals surface area contributed by atoms with Gasteiger partial charge in [-0.3, -0.25) is 4.79 Å². The molecule has 0 heterocycles. The van der Waals surface area contributed by atoms with Crippen molar-refractivity contribution < 1.29 is 33.3 Å². The molecule has 0 amide bonds. The molecule has 0 aliphatic heterocycles. The molecule has 20 heavy (non-hydrogen) atoms. The molecule has 0 radical (unpaired) electrons. The molecule has 0 bridgehead atoms. The molecule has 0 aromatic carbocycles. The van der Waals surface area contributed by atoms with Crippen molar-refractivity contribution in [3.8, 4) is 0 Å². The number of carbonyl (C=O) groups excluding carboxylic acids is 3. The molecule has 1 atom stereocenters. The van der Waals surface area contributed by atoms with E-state index in [1.807, 2.05) is 0 Å². The first-order chi connectivity index (χ1) is 9.47. The SMILES string of the molecule is COC(=O)/C=C/COCCOC(=O)OC[C@H](N)C(=O)Cl. The van der Waals surface area contributed by atoms with Gasteiger partial charge >= 0.3 is 12.1 Å². The van der Waals surface area contributed by atoms with Gasteiger partial charge in [0, 0.05) is 6.08 Å². The molecule has 0 aliphatic carbocycles. The highest BCUT2D eigenvalue weighted by molar-refractivity contribution is 6.64. The summed E-state index contributed by atoms with van der Waals surface area (Å²) in [6, 6.07) is -1.08. The Kier molecular flexibility index (Phi) is 10.3. The Hall–Kier alpha value is -1.64. The molecule has 114 valence electrons. The van der Waals surface area contributed by atoms with Gasteiger partial charge in [-0.15, -0.1) is 0 Å². The number of hydrogen-bond acceptors (Lipinski definition) is 8. The van der Waals surface area contributed by atoms with Crippen LogP contribution in [0.1, 0.15) is 0 Å². The molecule has 8 nitrogen and oxygen atoms in total. The lowest BCUT2D eigenvalue weighted by Crippen LogP contribution is -2.33. The second-order valence-electron chi connectivity index (χ2n) is 3.32. The zero-order valence-corrected chi connectivity index (χ0v) is 11.6. The summed E-state index contributed by atoms with van der Waals surface area (Å²) in [6.45, 7) is -0.126. The third kappa shape index (κ3) is 10.3. The fourth-order valence-electron chi connectivity index (χ4n) is 0.813. The van der Waals surface area contributed by atoms with Crippen molar-refractivity contribution in [2.45, 2.75) is 6.04 Å². The average Bonchev–Trinajstić information content (AvgIpc) is 2.42. The smallest absolute Gasteiger partial charge is 0.466 e. The Balaban J connectivity index is 3.51. The van der Waals surface area contributed by atoms with Gasteiger partial charge in [-0.2, -0.15) is 0 Å². The van der Waals surface area contributed by atoms with Gasteiger partial charge in [0.05, 0.1) is 20.3 Å². The number of esters is 1. The van der Waals surface area contributed by atoms with E-state index in [0.717, 1.165) is 0 Å². The molecular formula is C11H16ClNO7. The number of hydrogen-bond donors (Lipinski definition) is 1. The minimum absolute atomic E-state index is 0.0467. The van der Waals surface area contributed by atoms with Gasteiger partial charge in [0.15, 0.2) is 0 Å². The third-order valence-electron chi connectivity index (χ3n) is 1.79. The molecule has 0 aromatic heterocycles. The Bertz CT molecular complexity index is 359. The lowest BCUT2D eigenvalue weighted by atomic mass is 10.4. The summed E-state index contributed by atoms with van der Waals surface area (Å²) in [5, 5.41) is -0.807. The highest BCUT2D eigenvalue weighted by Gasteiger charge is 2.13. The molecule has 0 rings (SSSR count). The summed E-state index contributed by atoms with van der Waals surface area (Å²) in [5.41, 5.74) is 5.23. The molecule has 0 aromatic rings. The summed E-state index contributed by atoms with van der Waals surface area (Å²) in [5.74, 6) is -0.487. The second-order valence-corrected chi connectivity index (χ2v) is 3.69. The van der Waals surface area contributed by atoms with E-state index >= 15 is 0 Å². The summed E-state index contributed by atoms with van der Waals surface area (Å²) < 4.78 is 18.5. The Labute approximate surface area is 120 Å². The molecule has 0 aliphatic rings. The van der Waals surface area contributed by atoms with Crippen LogP contribution < -0.4 is 5.73 Å². The third-order valence-corrected chi connectivity index (χ3v) is 2.07. The monoisotopic (exact) mass is 309 g/mol. The average molecular weight is 310 g/mol. The van der Waals surface area contributed by atoms with Gasteiger partial charge in [-0.05, 0) is 11.6 Å². The van der Waals surface area contributed by atoms with E-state index in [4.69, 9.17) is 22.1 Å². The molecular weight excluding hydrogens is 294 g/mol. The van der Waals surface area contributed by atoms with E-state index in [1.165, 1.54) is 19.3 Å². The first kappa shape index (κ1) is 18.4. The van der Waals surface area contributed by atoms with Crippen molar-refractivity contribution >= 4 is 29.0 Å². The van der Waals surface area contributed by atoms with Crippen molar-refractivity contribution in [2.24, 2.45) is 5.73 Å². The Morgan fingerprint density at radius 1 is 1.25 bits per heavy atom. The lowest BCUT2D eigenvalue weighted by Gasteiger charge is -2.08. The summed E-state index contributed by atoms with van der Waals surface area (Å²) in [4.78, 5) is 32.2. The molecule has 0 unspecified atom stereocenters. The van der Waals surface area contributed by atoms with Crippen LogP contribution in [0.5, 0.6) is 0 Å². The van der Waals surface area contributed by atoms with E-state index in [0.29, 0.717) is 0 Å². The van der Waals surface area contributed by atoms with Crippen molar-refractivity contribution in [1.82, 2.24) is 0 Å². The number of carbonyl (C=O) groups is 3. The van der Waals surface area contributed by atoms with Crippen molar-refractivity contribution in [3.05, 3.63) is 12.2 Å². The van der Waals surface area contributed by atoms with Gasteiger partial charge in [0.1, 0.15) is 19.3 Å². The maximum Gasteiger partial charge on any atom is 0.508 e. The van der Waals surface area contributed by atoms with Gasteiger partial charge in [0.2, 0.25) is 5.24 Å². The van der Waals surface area contributed by atoms with E-state index in [1.54, 1.807) is 0 Å². The molecule has 0 saturated heterocycles. The quantitative estimate of drug-likeness (QED) is 0.273. The zero-order valence-electron chi connectivity index (χ0n) is 10.9. The largest absolute Gasteiger partial charge is 0.508 e.